The van der Waals surface area contributed by atoms with Crippen LogP contribution in [-0.2, 0) is 4.79 Å². The average Bonchev–Trinajstić information content (AvgIpc) is 3.09. The maximum Gasteiger partial charge on any atom is 0.226 e. The fourth-order valence-corrected chi connectivity index (χ4v) is 4.01. The van der Waals surface area contributed by atoms with Gasteiger partial charge in [0.2, 0.25) is 11.7 Å². The van der Waals surface area contributed by atoms with Crippen LogP contribution in [0.4, 0.5) is 5.82 Å². The predicted octanol–water partition coefficient (Wildman–Crippen LogP) is 2.88. The van der Waals surface area contributed by atoms with E-state index in [-0.39, 0.29) is 23.4 Å². The summed E-state index contributed by atoms with van der Waals surface area (Å²) in [4.78, 5) is 12.6. The van der Waals surface area contributed by atoms with Gasteiger partial charge in [-0.2, -0.15) is 9.78 Å². The number of aryl methyl sites for hydroxylation is 1. The maximum absolute atomic E-state index is 12.6. The molecule has 0 radical (unpaired) electrons. The first-order valence-electron chi connectivity index (χ1n) is 9.41. The number of anilines is 1. The van der Waals surface area contributed by atoms with Crippen molar-refractivity contribution < 1.29 is 19.0 Å². The van der Waals surface area contributed by atoms with Crippen LogP contribution in [0.1, 0.15) is 29.2 Å². The molecule has 1 aromatic carbocycles. The van der Waals surface area contributed by atoms with Gasteiger partial charge in [0, 0.05) is 17.9 Å². The molecule has 1 atom stereocenters. The van der Waals surface area contributed by atoms with Crippen LogP contribution in [0.2, 0.25) is 5.15 Å². The molecule has 1 amide bonds. The van der Waals surface area contributed by atoms with Crippen LogP contribution < -0.4 is 19.5 Å². The van der Waals surface area contributed by atoms with Gasteiger partial charge in [-0.25, -0.2) is 0 Å². The minimum atomic E-state index is -0.229. The lowest BCUT2D eigenvalue weighted by molar-refractivity contribution is -0.116. The number of aromatic nitrogens is 4. The lowest BCUT2D eigenvalue weighted by Gasteiger charge is -2.27. The highest BCUT2D eigenvalue weighted by Crippen LogP contribution is 2.46. The number of carbonyl (C=O) groups excluding carboxylic acids is 1. The third-order valence-corrected chi connectivity index (χ3v) is 5.39. The summed E-state index contributed by atoms with van der Waals surface area (Å²) >= 11 is 5.85. The first kappa shape index (κ1) is 18.7. The summed E-state index contributed by atoms with van der Waals surface area (Å²) in [5, 5.41) is 15.8. The second kappa shape index (κ2) is 7.17. The van der Waals surface area contributed by atoms with Crippen molar-refractivity contribution in [1.29, 1.82) is 0 Å². The lowest BCUT2D eigenvalue weighted by atomic mass is 9.85. The Morgan fingerprint density at radius 3 is 2.83 bits per heavy atom. The van der Waals surface area contributed by atoms with E-state index in [0.717, 1.165) is 16.8 Å². The quantitative estimate of drug-likeness (QED) is 0.685. The number of rotatable bonds is 3. The van der Waals surface area contributed by atoms with Gasteiger partial charge < -0.3 is 19.5 Å². The van der Waals surface area contributed by atoms with Crippen LogP contribution in [0, 0.1) is 6.92 Å². The van der Waals surface area contributed by atoms with E-state index in [1.54, 1.807) is 23.9 Å². The first-order valence-corrected chi connectivity index (χ1v) is 9.79. The number of halogens is 1. The normalized spacial score (nSPS) is 17.3. The fourth-order valence-electron chi connectivity index (χ4n) is 3.91. The number of nitrogens with one attached hydrogen (secondary N) is 1. The van der Waals surface area contributed by atoms with E-state index in [2.05, 4.69) is 20.6 Å². The minimum Gasteiger partial charge on any atom is -0.493 e. The van der Waals surface area contributed by atoms with E-state index < -0.39 is 0 Å². The van der Waals surface area contributed by atoms with Crippen molar-refractivity contribution in [2.24, 2.45) is 0 Å². The second-order valence-corrected chi connectivity index (χ2v) is 7.41. The van der Waals surface area contributed by atoms with Gasteiger partial charge in [-0.3, -0.25) is 4.79 Å². The Morgan fingerprint density at radius 2 is 2.07 bits per heavy atom. The molecule has 2 aromatic heterocycles. The second-order valence-electron chi connectivity index (χ2n) is 7.03. The highest BCUT2D eigenvalue weighted by Gasteiger charge is 2.34. The van der Waals surface area contributed by atoms with Gasteiger partial charge in [-0.15, -0.1) is 10.2 Å². The van der Waals surface area contributed by atoms with Gasteiger partial charge in [0.05, 0.1) is 12.8 Å². The van der Waals surface area contributed by atoms with Gasteiger partial charge >= 0.3 is 0 Å². The van der Waals surface area contributed by atoms with Gasteiger partial charge in [-0.05, 0) is 36.8 Å². The number of nitrogens with zero attached hydrogens (tertiary/aromatic N) is 4. The van der Waals surface area contributed by atoms with E-state index in [1.165, 1.54) is 0 Å². The molecule has 3 aromatic rings. The van der Waals surface area contributed by atoms with Crippen molar-refractivity contribution in [3.63, 3.8) is 0 Å². The van der Waals surface area contributed by atoms with Gasteiger partial charge in [0.25, 0.3) is 0 Å². The van der Waals surface area contributed by atoms with E-state index in [4.69, 9.17) is 25.8 Å². The Balaban J connectivity index is 1.65. The highest BCUT2D eigenvalue weighted by atomic mass is 35.5. The zero-order valence-electron chi connectivity index (χ0n) is 16.3. The molecule has 2 aliphatic rings. The molecular formula is C20H18ClN5O4. The van der Waals surface area contributed by atoms with Crippen LogP contribution in [0.5, 0.6) is 17.2 Å². The third kappa shape index (κ3) is 3.02. The maximum atomic E-state index is 12.6. The smallest absolute Gasteiger partial charge is 0.226 e. The molecule has 0 unspecified atom stereocenters. The highest BCUT2D eigenvalue weighted by molar-refractivity contribution is 6.29. The molecule has 4 heterocycles. The Hall–Kier alpha value is -3.33. The predicted molar refractivity (Wildman–Crippen MR) is 108 cm³/mol. The molecule has 0 saturated carbocycles. The van der Waals surface area contributed by atoms with Crippen molar-refractivity contribution >= 4 is 23.3 Å². The van der Waals surface area contributed by atoms with Crippen LogP contribution in [0.15, 0.2) is 24.3 Å². The summed E-state index contributed by atoms with van der Waals surface area (Å²) in [6.07, 6.45) is 0.272. The number of ether oxygens (including phenoxy) is 3. The van der Waals surface area contributed by atoms with Gasteiger partial charge in [0.1, 0.15) is 19.0 Å². The molecule has 10 heteroatoms. The van der Waals surface area contributed by atoms with E-state index in [1.807, 2.05) is 19.1 Å². The van der Waals surface area contributed by atoms with E-state index >= 15 is 0 Å². The molecule has 0 fully saturated rings. The van der Waals surface area contributed by atoms with Crippen molar-refractivity contribution in [1.82, 2.24) is 20.0 Å². The molecule has 154 valence electrons. The SMILES string of the molecule is COc1cc([C@H]2CC(=O)Nc3c2c(C)nn3-c2ccc(Cl)nn2)cc2c1OCCO2. The van der Waals surface area contributed by atoms with Crippen molar-refractivity contribution in [2.45, 2.75) is 19.3 Å². The number of methoxy groups -OCH3 is 1. The molecule has 2 aliphatic heterocycles. The topological polar surface area (TPSA) is 100 Å². The third-order valence-electron chi connectivity index (χ3n) is 5.19. The van der Waals surface area contributed by atoms with Gasteiger partial charge in [-0.1, -0.05) is 11.6 Å². The first-order chi connectivity index (χ1) is 14.5. The van der Waals surface area contributed by atoms with Crippen molar-refractivity contribution in [3.05, 3.63) is 46.2 Å². The number of hydrogen-bond donors (Lipinski definition) is 1. The number of amides is 1. The van der Waals surface area contributed by atoms with Gasteiger partial charge in [0.15, 0.2) is 22.5 Å². The van der Waals surface area contributed by atoms with Crippen LogP contribution >= 0.6 is 11.6 Å². The average molecular weight is 428 g/mol. The minimum absolute atomic E-state index is 0.121. The van der Waals surface area contributed by atoms with Crippen LogP contribution in [0.25, 0.3) is 5.82 Å². The molecular weight excluding hydrogens is 410 g/mol. The lowest BCUT2D eigenvalue weighted by Crippen LogP contribution is -2.25. The molecule has 9 nitrogen and oxygen atoms in total. The summed E-state index contributed by atoms with van der Waals surface area (Å²) in [5.74, 6) is 2.44. The monoisotopic (exact) mass is 427 g/mol. The van der Waals surface area contributed by atoms with E-state index in [0.29, 0.717) is 42.1 Å². The molecule has 30 heavy (non-hydrogen) atoms. The zero-order valence-corrected chi connectivity index (χ0v) is 17.1. The summed E-state index contributed by atoms with van der Waals surface area (Å²) in [5.41, 5.74) is 2.57. The molecule has 1 N–H and O–H groups in total. The number of carbonyl (C=O) groups is 1. The number of hydrogen-bond acceptors (Lipinski definition) is 7. The molecule has 0 aliphatic carbocycles. The van der Waals surface area contributed by atoms with E-state index in [9.17, 15) is 4.79 Å². The molecule has 5 rings (SSSR count). The Morgan fingerprint density at radius 1 is 1.23 bits per heavy atom. The van der Waals surface area contributed by atoms with Crippen molar-refractivity contribution in [2.75, 3.05) is 25.6 Å². The summed E-state index contributed by atoms with van der Waals surface area (Å²) in [6, 6.07) is 7.12. The fraction of sp³-hybridized carbons (Fsp3) is 0.300. The Kier molecular flexibility index (Phi) is 4.47. The number of fused-ring (bicyclic) bond motifs is 2. The summed E-state index contributed by atoms with van der Waals surface area (Å²) < 4.78 is 18.6. The van der Waals surface area contributed by atoms with Crippen LogP contribution in [0.3, 0.4) is 0 Å². The standard InChI is InChI=1S/C20H18ClN5O4/c1-10-18-12(11-7-13(28-2)19-14(8-11)29-5-6-30-19)9-17(27)22-20(18)26(25-10)16-4-3-15(21)23-24-16/h3-4,7-8,12H,5-6,9H2,1-2H3,(H,22,27)/t12-/m1/s1. The summed E-state index contributed by atoms with van der Waals surface area (Å²) in [7, 11) is 1.58. The largest absolute Gasteiger partial charge is 0.493 e. The Labute approximate surface area is 176 Å². The Bertz CT molecular complexity index is 1130. The molecule has 0 saturated heterocycles. The van der Waals surface area contributed by atoms with Crippen LogP contribution in [-0.4, -0.2) is 46.2 Å². The van der Waals surface area contributed by atoms with Crippen molar-refractivity contribution in [3.8, 4) is 23.1 Å². The number of benzene rings is 1. The zero-order chi connectivity index (χ0) is 20.8. The molecule has 0 spiro atoms. The molecule has 0 bridgehead atoms. The summed E-state index contributed by atoms with van der Waals surface area (Å²) in [6.45, 7) is 2.83.